The van der Waals surface area contributed by atoms with Crippen LogP contribution in [0.3, 0.4) is 0 Å². The molecule has 726 valence electrons. The van der Waals surface area contributed by atoms with E-state index >= 15 is 4.39 Å². The number of allylic oxidation sites excluding steroid dienone is 4. The van der Waals surface area contributed by atoms with Gasteiger partial charge in [-0.2, -0.15) is 0 Å². The highest BCUT2D eigenvalue weighted by molar-refractivity contribution is 6.41. The lowest BCUT2D eigenvalue weighted by atomic mass is 9.89. The molecule has 8 aromatic heterocycles. The molecule has 4 saturated heterocycles. The summed E-state index contributed by atoms with van der Waals surface area (Å²) in [7, 11) is 10.3. The number of ether oxygens (including phenoxy) is 13. The van der Waals surface area contributed by atoms with Gasteiger partial charge in [0.15, 0.2) is 69.3 Å². The second-order valence-electron chi connectivity index (χ2n) is 34.0. The van der Waals surface area contributed by atoms with Crippen molar-refractivity contribution >= 4 is 124 Å². The first-order valence-electron chi connectivity index (χ1n) is 45.3. The molecule has 5 fully saturated rings. The number of carbonyl (C=O) groups excluding carboxylic acids is 4. The van der Waals surface area contributed by atoms with Crippen LogP contribution in [-0.4, -0.2) is 203 Å². The molecule has 29 nitrogen and oxygen atoms in total. The molecule has 18 rings (SSSR count). The van der Waals surface area contributed by atoms with E-state index in [0.29, 0.717) is 181 Å². The van der Waals surface area contributed by atoms with Crippen molar-refractivity contribution in [2.75, 3.05) is 137 Å². The normalized spacial score (nSPS) is 18.7. The van der Waals surface area contributed by atoms with E-state index in [1.54, 1.807) is 69.5 Å². The van der Waals surface area contributed by atoms with E-state index in [0.717, 1.165) is 111 Å². The standard InChI is InChI=1S/C28H30ClN3O4.C26H26FN3O5.C25H25Cl2N3O4.C25H25F2N3O4/c1-4-20(33)9-17-7-8-36-15-22(17)32-25-11-19-13-30-21(10-18(19)14-31-25)27-26(16-5-6-16)23(34-2)12-24(35-3)28(27)29;1-3-18(31)8-15-4-5-33-14-20(15)30-23-10-17-12-28-19(9-16(17)13-29-23)24-25(27)21(32-2)11-22-26(24)35-7-6-34-22;2*1-4-17(31)7-14-5-6-34-13-19(14)30-22-9-16-11-28-18(8-15(16)12-29-22)23-24(26)20(32-2)10-21(33-3)25(23)27/h4,10-14,16-17,22H,1,5-9,15H2,2-3H3,(H,31,32);3,9-13,15,20H,1,4-8,14H2,2H3,(H,29,30);2*4,8-12,14,19H,1,5-7,13H2,2-3H3,(H,29,30)/t17-,22-;15-,20-;2*14-,19-/m1111/s1. The predicted molar refractivity (Wildman–Crippen MR) is 528 cm³/mol. The highest BCUT2D eigenvalue weighted by atomic mass is 35.5. The Morgan fingerprint density at radius 2 is 0.612 bits per heavy atom. The summed E-state index contributed by atoms with van der Waals surface area (Å²) >= 11 is 19.9. The van der Waals surface area contributed by atoms with Crippen molar-refractivity contribution in [2.24, 2.45) is 23.7 Å². The molecule has 12 aromatic rings. The number of ketones is 4. The summed E-state index contributed by atoms with van der Waals surface area (Å²) in [5.74, 6) is 4.15. The lowest BCUT2D eigenvalue weighted by Gasteiger charge is -2.32. The van der Waals surface area contributed by atoms with Gasteiger partial charge in [0, 0.05) is 186 Å². The highest BCUT2D eigenvalue weighted by Gasteiger charge is 2.37. The minimum Gasteiger partial charge on any atom is -0.496 e. The largest absolute Gasteiger partial charge is 0.496 e. The summed E-state index contributed by atoms with van der Waals surface area (Å²) in [6.07, 6.45) is 26.2. The molecule has 1 saturated carbocycles. The molecule has 0 bridgehead atoms. The summed E-state index contributed by atoms with van der Waals surface area (Å²) in [5, 5.41) is 21.5. The minimum atomic E-state index is -0.865. The fourth-order valence-corrected chi connectivity index (χ4v) is 18.6. The molecule has 6 aliphatic rings. The number of fused-ring (bicyclic) bond motifs is 5. The number of carbonyl (C=O) groups is 4. The van der Waals surface area contributed by atoms with Crippen LogP contribution in [0.2, 0.25) is 15.1 Å². The van der Waals surface area contributed by atoms with Crippen LogP contribution in [0, 0.1) is 41.1 Å². The fourth-order valence-electron chi connectivity index (χ4n) is 17.6. The number of hydrogen-bond acceptors (Lipinski definition) is 29. The molecule has 4 aromatic carbocycles. The molecule has 0 radical (unpaired) electrons. The summed E-state index contributed by atoms with van der Waals surface area (Å²) < 4.78 is 116. The molecule has 4 N–H and O–H groups in total. The second kappa shape index (κ2) is 46.4. The van der Waals surface area contributed by atoms with Crippen LogP contribution in [-0.2, 0) is 38.1 Å². The number of nitrogens with one attached hydrogen (secondary N) is 4. The van der Waals surface area contributed by atoms with Gasteiger partial charge in [-0.05, 0) is 141 Å². The SMILES string of the molecule is C=CC(=O)C[C@H]1CCOC[C@H]1Nc1cc2cnc(-c3c(Cl)c(OC)cc(OC)c3C3CC3)cc2cn1.C=CC(=O)C[C@H]1CCOC[C@H]1Nc1cc2cnc(-c3c(Cl)c(OC)cc(OC)c3Cl)cc2cn1.C=CC(=O)C[C@H]1CCOC[C@H]1Nc1cc2cnc(-c3c(F)c(OC)cc(OC)c3F)cc2cn1.C=CC(=O)C[C@H]1CCOC[C@H]1Nc1cc2cnc(-c3c(F)c(OC)cc4c3OCCO4)cc2cn1. The molecular formula is C104H106Cl3F3N12O17. The lowest BCUT2D eigenvalue weighted by molar-refractivity contribution is -0.117. The molecule has 0 spiro atoms. The third-order valence-corrected chi connectivity index (χ3v) is 26.4. The molecule has 5 aliphatic heterocycles. The van der Waals surface area contributed by atoms with Gasteiger partial charge in [-0.1, -0.05) is 61.1 Å². The first-order valence-corrected chi connectivity index (χ1v) is 46.5. The predicted octanol–water partition coefficient (Wildman–Crippen LogP) is 20.1. The summed E-state index contributed by atoms with van der Waals surface area (Å²) in [5.41, 5.74) is 4.13. The second-order valence-corrected chi connectivity index (χ2v) is 35.1. The number of pyridine rings is 8. The maximum absolute atomic E-state index is 15.3. The van der Waals surface area contributed by atoms with Gasteiger partial charge in [0.2, 0.25) is 0 Å². The highest BCUT2D eigenvalue weighted by Crippen LogP contribution is 2.54. The topological polar surface area (TPSA) is 340 Å². The van der Waals surface area contributed by atoms with Crippen molar-refractivity contribution in [3.63, 3.8) is 0 Å². The van der Waals surface area contributed by atoms with Gasteiger partial charge in [-0.25, -0.2) is 33.1 Å². The Kier molecular flexibility index (Phi) is 33.4. The quantitative estimate of drug-likeness (QED) is 0.0285. The van der Waals surface area contributed by atoms with Crippen LogP contribution in [0.1, 0.15) is 75.7 Å². The van der Waals surface area contributed by atoms with E-state index in [1.807, 2.05) is 48.8 Å². The third kappa shape index (κ3) is 23.5. The van der Waals surface area contributed by atoms with Gasteiger partial charge in [0.25, 0.3) is 0 Å². The van der Waals surface area contributed by atoms with Gasteiger partial charge in [-0.15, -0.1) is 0 Å². The Labute approximate surface area is 816 Å². The van der Waals surface area contributed by atoms with Crippen LogP contribution in [0.25, 0.3) is 88.1 Å². The molecule has 35 heteroatoms. The van der Waals surface area contributed by atoms with Crippen molar-refractivity contribution in [1.29, 1.82) is 0 Å². The zero-order chi connectivity index (χ0) is 98.1. The Balaban J connectivity index is 0.000000140. The molecule has 139 heavy (non-hydrogen) atoms. The number of nitrogens with zero attached hydrogens (tertiary/aromatic N) is 8. The van der Waals surface area contributed by atoms with Crippen molar-refractivity contribution in [3.8, 4) is 96.8 Å². The van der Waals surface area contributed by atoms with E-state index < -0.39 is 17.5 Å². The number of anilines is 4. The molecule has 0 amide bonds. The van der Waals surface area contributed by atoms with E-state index in [1.165, 1.54) is 72.1 Å². The van der Waals surface area contributed by atoms with Crippen LogP contribution >= 0.6 is 34.8 Å². The number of hydrogen-bond donors (Lipinski definition) is 4. The van der Waals surface area contributed by atoms with E-state index in [4.69, 9.17) is 101 Å². The zero-order valence-electron chi connectivity index (χ0n) is 77.8. The molecule has 1 aliphatic carbocycles. The monoisotopic (exact) mass is 1960 g/mol. The van der Waals surface area contributed by atoms with Gasteiger partial charge in [0.1, 0.15) is 59.5 Å². The van der Waals surface area contributed by atoms with Gasteiger partial charge < -0.3 is 82.8 Å². The molecular weight excluding hydrogens is 1850 g/mol. The van der Waals surface area contributed by atoms with Crippen LogP contribution < -0.4 is 63.9 Å². The fraction of sp³-hybridized carbons (Fsp3) is 0.346. The molecule has 0 unspecified atom stereocenters. The van der Waals surface area contributed by atoms with Crippen LogP contribution in [0.5, 0.6) is 51.7 Å². The molecule has 13 heterocycles. The first-order chi connectivity index (χ1) is 67.5. The summed E-state index contributed by atoms with van der Waals surface area (Å²) in [6.45, 7) is 19.5. The number of benzene rings is 4. The maximum atomic E-state index is 15.3. The van der Waals surface area contributed by atoms with Gasteiger partial charge in [0.05, 0.1) is 149 Å². The molecule has 8 atom stereocenters. The Bertz CT molecular complexity index is 6380. The zero-order valence-corrected chi connectivity index (χ0v) is 80.1. The Hall–Kier alpha value is -13.3. The number of rotatable bonds is 32. The lowest BCUT2D eigenvalue weighted by Crippen LogP contribution is -2.39. The summed E-state index contributed by atoms with van der Waals surface area (Å²) in [6, 6.07) is 20.8. The van der Waals surface area contributed by atoms with Crippen LogP contribution in [0.4, 0.5) is 36.4 Å². The van der Waals surface area contributed by atoms with Crippen molar-refractivity contribution in [3.05, 3.63) is 211 Å². The summed E-state index contributed by atoms with van der Waals surface area (Å²) in [4.78, 5) is 83.9. The minimum absolute atomic E-state index is 0.00369. The average molecular weight is 1960 g/mol. The third-order valence-electron chi connectivity index (χ3n) is 25.3. The van der Waals surface area contributed by atoms with E-state index in [-0.39, 0.29) is 105 Å². The van der Waals surface area contributed by atoms with Gasteiger partial charge in [-0.3, -0.25) is 39.1 Å². The van der Waals surface area contributed by atoms with E-state index in [2.05, 4.69) is 82.5 Å². The van der Waals surface area contributed by atoms with E-state index in [9.17, 15) is 28.0 Å². The number of halogens is 6. The van der Waals surface area contributed by atoms with Crippen molar-refractivity contribution in [2.45, 2.75) is 94.3 Å². The van der Waals surface area contributed by atoms with Crippen molar-refractivity contribution < 1.29 is 93.9 Å². The smallest absolute Gasteiger partial charge is 0.178 e. The first kappa shape index (κ1) is 100. The Morgan fingerprint density at radius 3 is 0.942 bits per heavy atom. The number of aromatic nitrogens is 8. The maximum Gasteiger partial charge on any atom is 0.178 e. The van der Waals surface area contributed by atoms with Crippen LogP contribution in [0.15, 0.2) is 173 Å². The van der Waals surface area contributed by atoms with Gasteiger partial charge >= 0.3 is 0 Å². The average Bonchev–Trinajstić information content (AvgIpc) is 1.62. The number of methoxy groups -OCH3 is 7. The van der Waals surface area contributed by atoms with Crippen molar-refractivity contribution in [1.82, 2.24) is 39.9 Å². The Morgan fingerprint density at radius 1 is 0.338 bits per heavy atom.